The highest BCUT2D eigenvalue weighted by Gasteiger charge is 2.27. The Bertz CT molecular complexity index is 658. The van der Waals surface area contributed by atoms with Crippen LogP contribution in [0.3, 0.4) is 0 Å². The van der Waals surface area contributed by atoms with Crippen molar-refractivity contribution in [3.63, 3.8) is 0 Å². The molecule has 0 bridgehead atoms. The number of hydrogen-bond acceptors (Lipinski definition) is 5. The molecule has 0 saturated carbocycles. The number of carbonyl (C=O) groups excluding carboxylic acids is 1. The molecule has 1 fully saturated rings. The van der Waals surface area contributed by atoms with Gasteiger partial charge in [0.1, 0.15) is 12.4 Å². The van der Waals surface area contributed by atoms with Crippen molar-refractivity contribution in [3.05, 3.63) is 42.5 Å². The predicted molar refractivity (Wildman–Crippen MR) is 88.3 cm³/mol. The van der Waals surface area contributed by atoms with E-state index < -0.39 is 0 Å². The van der Waals surface area contributed by atoms with Crippen LogP contribution in [0.4, 0.5) is 0 Å². The van der Waals surface area contributed by atoms with E-state index >= 15 is 0 Å². The van der Waals surface area contributed by atoms with Crippen LogP contribution < -0.4 is 0 Å². The highest BCUT2D eigenvalue weighted by Crippen LogP contribution is 2.14. The Kier molecular flexibility index (Phi) is 5.53. The summed E-state index contributed by atoms with van der Waals surface area (Å²) in [5, 5.41) is 0. The third kappa shape index (κ3) is 3.97. The summed E-state index contributed by atoms with van der Waals surface area (Å²) in [6, 6.07) is 0.0851. The van der Waals surface area contributed by atoms with Gasteiger partial charge < -0.3 is 14.2 Å². The minimum absolute atomic E-state index is 0.0851. The zero-order chi connectivity index (χ0) is 16.8. The Morgan fingerprint density at radius 3 is 3.04 bits per heavy atom. The number of aryl methyl sites for hydroxylation is 2. The molecule has 1 amide bonds. The molecular weight excluding hydrogens is 306 g/mol. The topological polar surface area (TPSA) is 73.1 Å². The van der Waals surface area contributed by atoms with Crippen LogP contribution in [-0.2, 0) is 28.9 Å². The van der Waals surface area contributed by atoms with Crippen LogP contribution in [0.1, 0.15) is 24.9 Å². The standard InChI is InChI=1S/C17H23N5O2/c1-2-16-20-7-8-21(16)12-17(23)22-9-10-24-13-15(22)4-3-14-11-18-5-6-19-14/h5-8,11,15H,2-4,9-10,12-13H2,1H3/t15-/m0/s1. The molecule has 1 saturated heterocycles. The lowest BCUT2D eigenvalue weighted by Crippen LogP contribution is -2.50. The number of ether oxygens (including phenoxy) is 1. The average Bonchev–Trinajstić information content (AvgIpc) is 3.08. The molecule has 0 aliphatic carbocycles. The number of rotatable bonds is 6. The minimum Gasteiger partial charge on any atom is -0.377 e. The van der Waals surface area contributed by atoms with Gasteiger partial charge in [-0.05, 0) is 12.8 Å². The number of nitrogens with zero attached hydrogens (tertiary/aromatic N) is 5. The van der Waals surface area contributed by atoms with Crippen LogP contribution in [0.15, 0.2) is 31.0 Å². The molecule has 2 aromatic rings. The minimum atomic E-state index is 0.0851. The predicted octanol–water partition coefficient (Wildman–Crippen LogP) is 1.10. The summed E-state index contributed by atoms with van der Waals surface area (Å²) in [7, 11) is 0. The molecule has 2 aromatic heterocycles. The maximum absolute atomic E-state index is 12.7. The average molecular weight is 329 g/mol. The van der Waals surface area contributed by atoms with Crippen molar-refractivity contribution < 1.29 is 9.53 Å². The van der Waals surface area contributed by atoms with Gasteiger partial charge in [-0.15, -0.1) is 0 Å². The second-order valence-electron chi connectivity index (χ2n) is 5.88. The van der Waals surface area contributed by atoms with E-state index in [0.29, 0.717) is 26.3 Å². The van der Waals surface area contributed by atoms with Crippen molar-refractivity contribution in [3.8, 4) is 0 Å². The zero-order valence-corrected chi connectivity index (χ0v) is 14.0. The van der Waals surface area contributed by atoms with Gasteiger partial charge in [0.15, 0.2) is 0 Å². The van der Waals surface area contributed by atoms with Crippen molar-refractivity contribution in [2.24, 2.45) is 0 Å². The lowest BCUT2D eigenvalue weighted by atomic mass is 10.1. The van der Waals surface area contributed by atoms with Gasteiger partial charge in [-0.2, -0.15) is 0 Å². The summed E-state index contributed by atoms with van der Waals surface area (Å²) in [6.45, 7) is 4.20. The number of morpholine rings is 1. The maximum atomic E-state index is 12.7. The summed E-state index contributed by atoms with van der Waals surface area (Å²) >= 11 is 0. The first-order chi connectivity index (χ1) is 11.8. The maximum Gasteiger partial charge on any atom is 0.242 e. The van der Waals surface area contributed by atoms with Crippen LogP contribution in [0.25, 0.3) is 0 Å². The molecule has 3 heterocycles. The first-order valence-electron chi connectivity index (χ1n) is 8.40. The fourth-order valence-electron chi connectivity index (χ4n) is 3.03. The monoisotopic (exact) mass is 329 g/mol. The van der Waals surface area contributed by atoms with Crippen molar-refractivity contribution >= 4 is 5.91 Å². The normalized spacial score (nSPS) is 17.9. The zero-order valence-electron chi connectivity index (χ0n) is 14.0. The number of hydrogen-bond donors (Lipinski definition) is 0. The van der Waals surface area contributed by atoms with Gasteiger partial charge in [-0.1, -0.05) is 6.92 Å². The quantitative estimate of drug-likeness (QED) is 0.793. The molecule has 7 heteroatoms. The lowest BCUT2D eigenvalue weighted by molar-refractivity contribution is -0.140. The van der Waals surface area contributed by atoms with Crippen molar-refractivity contribution in [2.45, 2.75) is 38.8 Å². The van der Waals surface area contributed by atoms with Crippen LogP contribution in [0.2, 0.25) is 0 Å². The third-order valence-corrected chi connectivity index (χ3v) is 4.32. The summed E-state index contributed by atoms with van der Waals surface area (Å²) in [4.78, 5) is 27.4. The Morgan fingerprint density at radius 2 is 2.25 bits per heavy atom. The van der Waals surface area contributed by atoms with Crippen molar-refractivity contribution in [1.29, 1.82) is 0 Å². The van der Waals surface area contributed by atoms with Crippen LogP contribution in [-0.4, -0.2) is 56.1 Å². The number of aromatic nitrogens is 4. The van der Waals surface area contributed by atoms with Gasteiger partial charge in [0, 0.05) is 43.9 Å². The highest BCUT2D eigenvalue weighted by molar-refractivity contribution is 5.76. The van der Waals surface area contributed by atoms with E-state index in [0.717, 1.165) is 30.8 Å². The fourth-order valence-corrected chi connectivity index (χ4v) is 3.03. The first-order valence-corrected chi connectivity index (χ1v) is 8.40. The summed E-state index contributed by atoms with van der Waals surface area (Å²) in [5.41, 5.74) is 0.943. The highest BCUT2D eigenvalue weighted by atomic mass is 16.5. The molecule has 1 atom stereocenters. The number of amides is 1. The van der Waals surface area contributed by atoms with Gasteiger partial charge in [-0.25, -0.2) is 4.98 Å². The molecule has 128 valence electrons. The summed E-state index contributed by atoms with van der Waals surface area (Å²) in [6.07, 6.45) is 11.2. The Morgan fingerprint density at radius 1 is 1.33 bits per heavy atom. The van der Waals surface area contributed by atoms with E-state index in [1.807, 2.05) is 22.6 Å². The SMILES string of the molecule is CCc1nccn1CC(=O)N1CCOC[C@@H]1CCc1cnccn1. The Hall–Kier alpha value is -2.28. The van der Waals surface area contributed by atoms with Crippen LogP contribution in [0.5, 0.6) is 0 Å². The molecule has 3 rings (SSSR count). The van der Waals surface area contributed by atoms with Gasteiger partial charge >= 0.3 is 0 Å². The van der Waals surface area contributed by atoms with Gasteiger partial charge in [-0.3, -0.25) is 14.8 Å². The first kappa shape index (κ1) is 16.6. The molecule has 1 aliphatic rings. The van der Waals surface area contributed by atoms with E-state index in [4.69, 9.17) is 4.74 Å². The van der Waals surface area contributed by atoms with E-state index in [-0.39, 0.29) is 11.9 Å². The summed E-state index contributed by atoms with van der Waals surface area (Å²) in [5.74, 6) is 1.06. The smallest absolute Gasteiger partial charge is 0.242 e. The summed E-state index contributed by atoms with van der Waals surface area (Å²) < 4.78 is 7.51. The number of carbonyl (C=O) groups is 1. The molecular formula is C17H23N5O2. The van der Waals surface area contributed by atoms with Gasteiger partial charge in [0.2, 0.25) is 5.91 Å². The van der Waals surface area contributed by atoms with E-state index in [9.17, 15) is 4.79 Å². The van der Waals surface area contributed by atoms with Crippen molar-refractivity contribution in [2.75, 3.05) is 19.8 Å². The lowest BCUT2D eigenvalue weighted by Gasteiger charge is -2.36. The van der Waals surface area contributed by atoms with Gasteiger partial charge in [0.05, 0.1) is 24.9 Å². The van der Waals surface area contributed by atoms with Crippen molar-refractivity contribution in [1.82, 2.24) is 24.4 Å². The van der Waals surface area contributed by atoms with E-state index in [1.54, 1.807) is 24.8 Å². The van der Waals surface area contributed by atoms with Gasteiger partial charge in [0.25, 0.3) is 0 Å². The second-order valence-corrected chi connectivity index (χ2v) is 5.88. The van der Waals surface area contributed by atoms with E-state index in [2.05, 4.69) is 15.0 Å². The van der Waals surface area contributed by atoms with Crippen LogP contribution >= 0.6 is 0 Å². The second kappa shape index (κ2) is 8.01. The largest absolute Gasteiger partial charge is 0.377 e. The fraction of sp³-hybridized carbons (Fsp3) is 0.529. The number of imidazole rings is 1. The molecule has 0 spiro atoms. The Balaban J connectivity index is 1.62. The molecule has 0 unspecified atom stereocenters. The molecule has 0 aromatic carbocycles. The third-order valence-electron chi connectivity index (χ3n) is 4.32. The Labute approximate surface area is 141 Å². The molecule has 0 radical (unpaired) electrons. The van der Waals surface area contributed by atoms with E-state index in [1.165, 1.54) is 0 Å². The molecule has 24 heavy (non-hydrogen) atoms. The molecule has 0 N–H and O–H groups in total. The molecule has 7 nitrogen and oxygen atoms in total. The van der Waals surface area contributed by atoms with Crippen LogP contribution in [0, 0.1) is 0 Å². The molecule has 1 aliphatic heterocycles.